The van der Waals surface area contributed by atoms with Gasteiger partial charge in [0.1, 0.15) is 0 Å². The van der Waals surface area contributed by atoms with Crippen LogP contribution in [-0.4, -0.2) is 15.6 Å². The number of nitrogens with zero attached hydrogens (tertiary/aromatic N) is 1. The topological polar surface area (TPSA) is 59.3 Å². The van der Waals surface area contributed by atoms with E-state index < -0.39 is 5.97 Å². The average molecular weight is 287 g/mol. The number of pyridine rings is 1. The molecule has 0 saturated heterocycles. The highest BCUT2D eigenvalue weighted by Crippen LogP contribution is 2.18. The van der Waals surface area contributed by atoms with Gasteiger partial charge in [0.15, 0.2) is 5.43 Å². The molecule has 0 amide bonds. The van der Waals surface area contributed by atoms with E-state index in [2.05, 4.69) is 11.5 Å². The maximum absolute atomic E-state index is 12.6. The Labute approximate surface area is 124 Å². The monoisotopic (exact) mass is 287 g/mol. The second-order valence-corrected chi connectivity index (χ2v) is 5.31. The van der Waals surface area contributed by atoms with Crippen LogP contribution in [0.3, 0.4) is 0 Å². The molecule has 1 aromatic carbocycles. The second-order valence-electron chi connectivity index (χ2n) is 5.31. The maximum Gasteiger partial charge on any atom is 0.303 e. The van der Waals surface area contributed by atoms with Crippen molar-refractivity contribution in [3.05, 3.63) is 45.7 Å². The van der Waals surface area contributed by atoms with Crippen molar-refractivity contribution in [2.24, 2.45) is 0 Å². The number of benzene rings is 1. The predicted octanol–water partition coefficient (Wildman–Crippen LogP) is 3.13. The van der Waals surface area contributed by atoms with Crippen LogP contribution in [-0.2, 0) is 17.8 Å². The van der Waals surface area contributed by atoms with Gasteiger partial charge in [-0.15, -0.1) is 0 Å². The van der Waals surface area contributed by atoms with Crippen molar-refractivity contribution < 1.29 is 9.90 Å². The van der Waals surface area contributed by atoms with Crippen molar-refractivity contribution in [1.29, 1.82) is 0 Å². The van der Waals surface area contributed by atoms with Gasteiger partial charge in [0.25, 0.3) is 0 Å². The zero-order valence-electron chi connectivity index (χ0n) is 12.6. The Bertz CT molecular complexity index is 716. The van der Waals surface area contributed by atoms with Crippen LogP contribution in [0.25, 0.3) is 10.9 Å². The highest BCUT2D eigenvalue weighted by molar-refractivity contribution is 5.80. The van der Waals surface area contributed by atoms with E-state index in [0.29, 0.717) is 10.9 Å². The molecule has 0 fully saturated rings. The molecule has 0 aliphatic heterocycles. The van der Waals surface area contributed by atoms with Gasteiger partial charge in [-0.05, 0) is 31.9 Å². The van der Waals surface area contributed by atoms with Crippen molar-refractivity contribution in [3.8, 4) is 0 Å². The number of aryl methyl sites for hydroxylation is 1. The SMILES string of the molecule is CCCCn1c(C)c(CCC(=O)O)c(=O)c2ccccc21. The fourth-order valence-corrected chi connectivity index (χ4v) is 2.70. The van der Waals surface area contributed by atoms with E-state index in [1.165, 1.54) is 0 Å². The molecule has 1 aromatic heterocycles. The second kappa shape index (κ2) is 6.57. The van der Waals surface area contributed by atoms with Gasteiger partial charge in [-0.25, -0.2) is 0 Å². The summed E-state index contributed by atoms with van der Waals surface area (Å²) >= 11 is 0. The fourth-order valence-electron chi connectivity index (χ4n) is 2.70. The first-order chi connectivity index (χ1) is 10.1. The molecule has 112 valence electrons. The number of fused-ring (bicyclic) bond motifs is 1. The van der Waals surface area contributed by atoms with Crippen LogP contribution in [0, 0.1) is 6.92 Å². The van der Waals surface area contributed by atoms with E-state index in [-0.39, 0.29) is 18.3 Å². The van der Waals surface area contributed by atoms with E-state index in [4.69, 9.17) is 5.11 Å². The minimum atomic E-state index is -0.873. The van der Waals surface area contributed by atoms with Crippen LogP contribution < -0.4 is 5.43 Å². The summed E-state index contributed by atoms with van der Waals surface area (Å²) in [5, 5.41) is 9.55. The number of aromatic nitrogens is 1. The minimum Gasteiger partial charge on any atom is -0.481 e. The summed E-state index contributed by atoms with van der Waals surface area (Å²) < 4.78 is 2.15. The van der Waals surface area contributed by atoms with E-state index in [9.17, 15) is 9.59 Å². The van der Waals surface area contributed by atoms with Gasteiger partial charge in [0.05, 0.1) is 5.52 Å². The third kappa shape index (κ3) is 3.15. The summed E-state index contributed by atoms with van der Waals surface area (Å²) in [4.78, 5) is 23.4. The Hall–Kier alpha value is -2.10. The Kier molecular flexibility index (Phi) is 4.78. The zero-order chi connectivity index (χ0) is 15.4. The van der Waals surface area contributed by atoms with E-state index >= 15 is 0 Å². The normalized spacial score (nSPS) is 11.0. The summed E-state index contributed by atoms with van der Waals surface area (Å²) in [6, 6.07) is 7.56. The standard InChI is InChI=1S/C17H21NO3/c1-3-4-11-18-12(2)13(9-10-16(19)20)17(21)14-7-5-6-8-15(14)18/h5-8H,3-4,9-11H2,1-2H3,(H,19,20). The molecular formula is C17H21NO3. The summed E-state index contributed by atoms with van der Waals surface area (Å²) in [7, 11) is 0. The van der Waals surface area contributed by atoms with Crippen LogP contribution in [0.2, 0.25) is 0 Å². The number of rotatable bonds is 6. The first-order valence-electron chi connectivity index (χ1n) is 7.39. The lowest BCUT2D eigenvalue weighted by molar-refractivity contribution is -0.136. The quantitative estimate of drug-likeness (QED) is 0.888. The summed E-state index contributed by atoms with van der Waals surface area (Å²) in [5.41, 5.74) is 2.44. The highest BCUT2D eigenvalue weighted by Gasteiger charge is 2.14. The molecule has 0 radical (unpaired) electrons. The third-order valence-corrected chi connectivity index (χ3v) is 3.88. The van der Waals surface area contributed by atoms with Gasteiger partial charge in [0, 0.05) is 29.6 Å². The molecule has 21 heavy (non-hydrogen) atoms. The van der Waals surface area contributed by atoms with Crippen LogP contribution >= 0.6 is 0 Å². The Morgan fingerprint density at radius 3 is 2.67 bits per heavy atom. The van der Waals surface area contributed by atoms with Gasteiger partial charge in [-0.1, -0.05) is 25.5 Å². The molecule has 1 heterocycles. The van der Waals surface area contributed by atoms with Gasteiger partial charge in [-0.3, -0.25) is 9.59 Å². The number of hydrogen-bond acceptors (Lipinski definition) is 2. The summed E-state index contributed by atoms with van der Waals surface area (Å²) in [6.45, 7) is 4.90. The smallest absolute Gasteiger partial charge is 0.303 e. The van der Waals surface area contributed by atoms with Crippen molar-refractivity contribution >= 4 is 16.9 Å². The average Bonchev–Trinajstić information content (AvgIpc) is 2.47. The van der Waals surface area contributed by atoms with Crippen molar-refractivity contribution in [2.75, 3.05) is 0 Å². The number of aliphatic carboxylic acids is 1. The zero-order valence-corrected chi connectivity index (χ0v) is 12.6. The number of para-hydroxylation sites is 1. The number of hydrogen-bond donors (Lipinski definition) is 1. The van der Waals surface area contributed by atoms with Crippen LogP contribution in [0.15, 0.2) is 29.1 Å². The van der Waals surface area contributed by atoms with Crippen LogP contribution in [0.5, 0.6) is 0 Å². The van der Waals surface area contributed by atoms with Gasteiger partial charge in [-0.2, -0.15) is 0 Å². The van der Waals surface area contributed by atoms with Gasteiger partial charge in [0.2, 0.25) is 0 Å². The molecule has 4 heteroatoms. The van der Waals surface area contributed by atoms with E-state index in [1.54, 1.807) is 0 Å². The molecule has 0 atom stereocenters. The number of carbonyl (C=O) groups is 1. The van der Waals surface area contributed by atoms with E-state index in [0.717, 1.165) is 30.6 Å². The lowest BCUT2D eigenvalue weighted by Crippen LogP contribution is -2.20. The highest BCUT2D eigenvalue weighted by atomic mass is 16.4. The lowest BCUT2D eigenvalue weighted by atomic mass is 10.0. The van der Waals surface area contributed by atoms with Crippen molar-refractivity contribution in [1.82, 2.24) is 4.57 Å². The van der Waals surface area contributed by atoms with Gasteiger partial charge >= 0.3 is 5.97 Å². The Balaban J connectivity index is 2.62. The summed E-state index contributed by atoms with van der Waals surface area (Å²) in [5.74, 6) is -0.873. The largest absolute Gasteiger partial charge is 0.481 e. The number of carboxylic acids is 1. The molecule has 0 spiro atoms. The van der Waals surface area contributed by atoms with Crippen molar-refractivity contribution in [3.63, 3.8) is 0 Å². The molecule has 0 aliphatic rings. The number of carboxylic acid groups (broad SMARTS) is 1. The molecule has 2 aromatic rings. The molecule has 0 saturated carbocycles. The predicted molar refractivity (Wildman–Crippen MR) is 83.8 cm³/mol. The van der Waals surface area contributed by atoms with E-state index in [1.807, 2.05) is 31.2 Å². The summed E-state index contributed by atoms with van der Waals surface area (Å²) in [6.07, 6.45) is 2.38. The third-order valence-electron chi connectivity index (χ3n) is 3.88. The molecule has 2 rings (SSSR count). The molecule has 0 aliphatic carbocycles. The lowest BCUT2D eigenvalue weighted by Gasteiger charge is -2.17. The number of unbranched alkanes of at least 4 members (excludes halogenated alkanes) is 1. The Morgan fingerprint density at radius 1 is 1.29 bits per heavy atom. The molecule has 0 bridgehead atoms. The first kappa shape index (κ1) is 15.3. The molecular weight excluding hydrogens is 266 g/mol. The maximum atomic E-state index is 12.6. The van der Waals surface area contributed by atoms with Gasteiger partial charge < -0.3 is 9.67 Å². The van der Waals surface area contributed by atoms with Crippen molar-refractivity contribution in [2.45, 2.75) is 46.1 Å². The molecule has 4 nitrogen and oxygen atoms in total. The Morgan fingerprint density at radius 2 is 2.00 bits per heavy atom. The van der Waals surface area contributed by atoms with Crippen LogP contribution in [0.4, 0.5) is 0 Å². The van der Waals surface area contributed by atoms with Crippen LogP contribution in [0.1, 0.15) is 37.4 Å². The fraction of sp³-hybridized carbons (Fsp3) is 0.412. The molecule has 1 N–H and O–H groups in total. The first-order valence-corrected chi connectivity index (χ1v) is 7.39. The minimum absolute atomic E-state index is 0.0117. The molecule has 0 unspecified atom stereocenters.